The van der Waals surface area contributed by atoms with Crippen molar-refractivity contribution in [1.29, 1.82) is 0 Å². The molecule has 0 saturated heterocycles. The molecule has 1 aromatic carbocycles. The van der Waals surface area contributed by atoms with Crippen LogP contribution in [-0.2, 0) is 26.1 Å². The van der Waals surface area contributed by atoms with Crippen LogP contribution in [0, 0.1) is 13.8 Å². The first-order chi connectivity index (χ1) is 12.5. The average Bonchev–Trinajstić information content (AvgIpc) is 2.88. The Hall–Kier alpha value is -2.65. The Morgan fingerprint density at radius 3 is 2.30 bits per heavy atom. The number of benzene rings is 1. The lowest BCUT2D eigenvalue weighted by Gasteiger charge is -2.14. The summed E-state index contributed by atoms with van der Waals surface area (Å²) >= 11 is 0. The van der Waals surface area contributed by atoms with Crippen LogP contribution in [0.15, 0.2) is 35.2 Å². The molecule has 9 heteroatoms. The summed E-state index contributed by atoms with van der Waals surface area (Å²) < 4.78 is 29.7. The van der Waals surface area contributed by atoms with Gasteiger partial charge in [0.25, 0.3) is 5.91 Å². The van der Waals surface area contributed by atoms with Gasteiger partial charge in [-0.15, -0.1) is 0 Å². The van der Waals surface area contributed by atoms with E-state index in [0.717, 1.165) is 17.9 Å². The number of amides is 1. The van der Waals surface area contributed by atoms with Gasteiger partial charge in [0.05, 0.1) is 10.5 Å². The number of hydrogen-bond donors (Lipinski definition) is 2. The third-order valence-electron chi connectivity index (χ3n) is 4.21. The summed E-state index contributed by atoms with van der Waals surface area (Å²) in [6.45, 7) is 7.90. The number of hydrogen-bond acceptors (Lipinski definition) is 5. The summed E-state index contributed by atoms with van der Waals surface area (Å²) in [5.74, 6) is -1.11. The number of carbonyl (C=O) groups excluding carboxylic acids is 2. The fourth-order valence-electron chi connectivity index (χ4n) is 2.74. The van der Waals surface area contributed by atoms with Crippen LogP contribution in [0.5, 0.6) is 0 Å². The molecule has 1 atom stereocenters. The number of rotatable bonds is 6. The predicted molar refractivity (Wildman–Crippen MR) is 101 cm³/mol. The van der Waals surface area contributed by atoms with E-state index >= 15 is 0 Å². The molecule has 1 amide bonds. The zero-order valence-corrected chi connectivity index (χ0v) is 16.5. The van der Waals surface area contributed by atoms with Gasteiger partial charge in [-0.2, -0.15) is 0 Å². The molecule has 0 radical (unpaired) electrons. The van der Waals surface area contributed by atoms with E-state index in [1.807, 2.05) is 25.3 Å². The topological polar surface area (TPSA) is 120 Å². The second kappa shape index (κ2) is 7.93. The Kier molecular flexibility index (Phi) is 6.07. The number of anilines is 1. The number of aryl methyl sites for hydroxylation is 1. The second-order valence-corrected chi connectivity index (χ2v) is 7.70. The van der Waals surface area contributed by atoms with Gasteiger partial charge in [0, 0.05) is 23.6 Å². The number of sulfonamides is 1. The monoisotopic (exact) mass is 393 g/mol. The van der Waals surface area contributed by atoms with Gasteiger partial charge in [-0.05, 0) is 58.0 Å². The maximum absolute atomic E-state index is 12.4. The number of esters is 1. The fourth-order valence-corrected chi connectivity index (χ4v) is 3.26. The van der Waals surface area contributed by atoms with E-state index in [-0.39, 0.29) is 4.90 Å². The molecule has 0 aliphatic carbocycles. The summed E-state index contributed by atoms with van der Waals surface area (Å²) in [5.41, 5.74) is 2.51. The van der Waals surface area contributed by atoms with Gasteiger partial charge in [-0.1, -0.05) is 0 Å². The number of carbonyl (C=O) groups is 2. The molecule has 0 unspecified atom stereocenters. The zero-order chi connectivity index (χ0) is 20.4. The van der Waals surface area contributed by atoms with Crippen LogP contribution in [0.4, 0.5) is 5.69 Å². The number of nitrogens with one attached hydrogen (secondary N) is 1. The zero-order valence-electron chi connectivity index (χ0n) is 15.6. The van der Waals surface area contributed by atoms with Crippen molar-refractivity contribution >= 4 is 27.6 Å². The summed E-state index contributed by atoms with van der Waals surface area (Å²) in [5, 5.41) is 7.59. The molecule has 0 fully saturated rings. The number of ether oxygens (including phenoxy) is 1. The van der Waals surface area contributed by atoms with Gasteiger partial charge >= 0.3 is 5.97 Å². The Morgan fingerprint density at radius 1 is 1.22 bits per heavy atom. The van der Waals surface area contributed by atoms with E-state index in [1.165, 1.54) is 31.2 Å². The summed E-state index contributed by atoms with van der Waals surface area (Å²) in [4.78, 5) is 24.5. The van der Waals surface area contributed by atoms with Crippen molar-refractivity contribution in [2.75, 3.05) is 5.32 Å². The van der Waals surface area contributed by atoms with Crippen molar-refractivity contribution in [1.82, 2.24) is 4.57 Å². The Bertz CT molecular complexity index is 962. The molecule has 3 N–H and O–H groups in total. The molecule has 0 bridgehead atoms. The average molecular weight is 393 g/mol. The second-order valence-electron chi connectivity index (χ2n) is 6.14. The van der Waals surface area contributed by atoms with Crippen LogP contribution < -0.4 is 10.5 Å². The highest BCUT2D eigenvalue weighted by Crippen LogP contribution is 2.17. The summed E-state index contributed by atoms with van der Waals surface area (Å²) in [6, 6.07) is 7.10. The summed E-state index contributed by atoms with van der Waals surface area (Å²) in [7, 11) is -3.80. The smallest absolute Gasteiger partial charge is 0.340 e. The molecule has 27 heavy (non-hydrogen) atoms. The molecule has 0 aliphatic heterocycles. The van der Waals surface area contributed by atoms with E-state index in [2.05, 4.69) is 5.32 Å². The standard InChI is InChI=1S/C18H23N3O5S/c1-5-21-11(2)10-16(12(21)3)18(23)26-13(4)17(22)20-14-6-8-15(9-7-14)27(19,24)25/h6-10,13H,5H2,1-4H3,(H,20,22)(H2,19,24,25)/t13-/m1/s1. The van der Waals surface area contributed by atoms with Crippen molar-refractivity contribution in [3.05, 3.63) is 47.3 Å². The normalized spacial score (nSPS) is 12.5. The van der Waals surface area contributed by atoms with Crippen LogP contribution in [0.3, 0.4) is 0 Å². The molecule has 0 spiro atoms. The van der Waals surface area contributed by atoms with Gasteiger partial charge < -0.3 is 14.6 Å². The van der Waals surface area contributed by atoms with E-state index in [1.54, 1.807) is 6.07 Å². The first kappa shape index (κ1) is 20.7. The number of nitrogens with zero attached hydrogens (tertiary/aromatic N) is 1. The first-order valence-corrected chi connectivity index (χ1v) is 9.90. The van der Waals surface area contributed by atoms with Gasteiger partial charge in [-0.25, -0.2) is 18.4 Å². The molecule has 1 aromatic heterocycles. The summed E-state index contributed by atoms with van der Waals surface area (Å²) in [6.07, 6.45) is -1.03. The number of aromatic nitrogens is 1. The van der Waals surface area contributed by atoms with Gasteiger partial charge in [0.2, 0.25) is 10.0 Å². The SMILES string of the molecule is CCn1c(C)cc(C(=O)O[C@H](C)C(=O)Nc2ccc(S(N)(=O)=O)cc2)c1C. The molecule has 146 valence electrons. The van der Waals surface area contributed by atoms with Crippen LogP contribution in [0.1, 0.15) is 35.6 Å². The lowest BCUT2D eigenvalue weighted by molar-refractivity contribution is -0.123. The molecule has 0 aliphatic rings. The van der Waals surface area contributed by atoms with Crippen LogP contribution >= 0.6 is 0 Å². The van der Waals surface area contributed by atoms with Crippen molar-refractivity contribution in [2.45, 2.75) is 45.2 Å². The highest BCUT2D eigenvalue weighted by Gasteiger charge is 2.22. The van der Waals surface area contributed by atoms with Crippen molar-refractivity contribution < 1.29 is 22.7 Å². The maximum Gasteiger partial charge on any atom is 0.340 e. The maximum atomic E-state index is 12.4. The molecule has 0 saturated carbocycles. The van der Waals surface area contributed by atoms with Crippen LogP contribution in [0.25, 0.3) is 0 Å². The minimum absolute atomic E-state index is 0.0637. The minimum Gasteiger partial charge on any atom is -0.449 e. The van der Waals surface area contributed by atoms with Crippen LogP contribution in [-0.4, -0.2) is 31.0 Å². The number of nitrogens with two attached hydrogens (primary N) is 1. The lowest BCUT2D eigenvalue weighted by Crippen LogP contribution is -2.30. The van der Waals surface area contributed by atoms with Crippen LogP contribution in [0.2, 0.25) is 0 Å². The lowest BCUT2D eigenvalue weighted by atomic mass is 10.2. The molecular weight excluding hydrogens is 370 g/mol. The molecule has 2 rings (SSSR count). The van der Waals surface area contributed by atoms with Crippen molar-refractivity contribution in [2.24, 2.45) is 5.14 Å². The van der Waals surface area contributed by atoms with Gasteiger partial charge in [0.1, 0.15) is 0 Å². The van der Waals surface area contributed by atoms with Gasteiger partial charge in [-0.3, -0.25) is 4.79 Å². The van der Waals surface area contributed by atoms with E-state index in [9.17, 15) is 18.0 Å². The largest absolute Gasteiger partial charge is 0.449 e. The van der Waals surface area contributed by atoms with Crippen molar-refractivity contribution in [3.63, 3.8) is 0 Å². The minimum atomic E-state index is -3.80. The van der Waals surface area contributed by atoms with Crippen molar-refractivity contribution in [3.8, 4) is 0 Å². The molecule has 1 heterocycles. The molecule has 8 nitrogen and oxygen atoms in total. The number of primary sulfonamides is 1. The van der Waals surface area contributed by atoms with E-state index in [4.69, 9.17) is 9.88 Å². The highest BCUT2D eigenvalue weighted by molar-refractivity contribution is 7.89. The Labute approximate surface area is 158 Å². The Morgan fingerprint density at radius 2 is 1.81 bits per heavy atom. The Balaban J connectivity index is 2.04. The van der Waals surface area contributed by atoms with E-state index < -0.39 is 28.0 Å². The third-order valence-corrected chi connectivity index (χ3v) is 5.14. The molecule has 2 aromatic rings. The van der Waals surface area contributed by atoms with E-state index in [0.29, 0.717) is 11.3 Å². The predicted octanol–water partition coefficient (Wildman–Crippen LogP) is 1.96. The highest BCUT2D eigenvalue weighted by atomic mass is 32.2. The quantitative estimate of drug-likeness (QED) is 0.727. The fraction of sp³-hybridized carbons (Fsp3) is 0.333. The first-order valence-electron chi connectivity index (χ1n) is 8.36. The third kappa shape index (κ3) is 4.75. The van der Waals surface area contributed by atoms with Gasteiger partial charge in [0.15, 0.2) is 6.10 Å². The molecular formula is C18H23N3O5S.